The summed E-state index contributed by atoms with van der Waals surface area (Å²) in [7, 11) is -3.49. The van der Waals surface area contributed by atoms with Crippen LogP contribution in [0, 0.1) is 19.8 Å². The number of anilines is 1. The Bertz CT molecular complexity index is 513. The number of nitrogens with one attached hydrogen (secondary N) is 1. The molecule has 5 heteroatoms. The van der Waals surface area contributed by atoms with Crippen LogP contribution in [0.1, 0.15) is 31.9 Å². The first kappa shape index (κ1) is 15.0. The number of hydrogen-bond acceptors (Lipinski definition) is 3. The molecule has 0 amide bonds. The van der Waals surface area contributed by atoms with Gasteiger partial charge >= 0.3 is 0 Å². The van der Waals surface area contributed by atoms with Gasteiger partial charge in [-0.05, 0) is 49.9 Å². The van der Waals surface area contributed by atoms with Crippen molar-refractivity contribution in [3.05, 3.63) is 23.3 Å². The Labute approximate surface area is 110 Å². The number of sulfonamides is 1. The van der Waals surface area contributed by atoms with E-state index in [1.54, 1.807) is 26.0 Å². The maximum atomic E-state index is 12.3. The fraction of sp³-hybridized carbons (Fsp3) is 0.538. The van der Waals surface area contributed by atoms with Crippen molar-refractivity contribution < 1.29 is 8.42 Å². The van der Waals surface area contributed by atoms with Gasteiger partial charge in [0.05, 0.1) is 4.90 Å². The number of rotatable bonds is 4. The monoisotopic (exact) mass is 270 g/mol. The second kappa shape index (κ2) is 5.28. The van der Waals surface area contributed by atoms with E-state index in [0.29, 0.717) is 21.7 Å². The smallest absolute Gasteiger partial charge is 0.241 e. The van der Waals surface area contributed by atoms with Gasteiger partial charge in [-0.15, -0.1) is 0 Å². The number of benzene rings is 1. The number of hydrogen-bond donors (Lipinski definition) is 2. The molecule has 0 aromatic heterocycles. The summed E-state index contributed by atoms with van der Waals surface area (Å²) in [4.78, 5) is 0.337. The maximum Gasteiger partial charge on any atom is 0.241 e. The molecule has 1 unspecified atom stereocenters. The molecule has 0 radical (unpaired) electrons. The van der Waals surface area contributed by atoms with E-state index in [2.05, 4.69) is 4.72 Å². The Hall–Kier alpha value is -1.07. The third-order valence-corrected chi connectivity index (χ3v) is 4.96. The summed E-state index contributed by atoms with van der Waals surface area (Å²) in [5.74, 6) is 0.245. The zero-order chi connectivity index (χ0) is 14.1. The van der Waals surface area contributed by atoms with Gasteiger partial charge in [-0.2, -0.15) is 0 Å². The summed E-state index contributed by atoms with van der Waals surface area (Å²) >= 11 is 0. The lowest BCUT2D eigenvalue weighted by molar-refractivity contribution is 0.476. The summed E-state index contributed by atoms with van der Waals surface area (Å²) < 4.78 is 27.4. The predicted octanol–water partition coefficient (Wildman–Crippen LogP) is 2.21. The molecule has 4 nitrogen and oxygen atoms in total. The van der Waals surface area contributed by atoms with Crippen molar-refractivity contribution in [1.82, 2.24) is 4.72 Å². The fourth-order valence-electron chi connectivity index (χ4n) is 1.85. The predicted molar refractivity (Wildman–Crippen MR) is 74.9 cm³/mol. The summed E-state index contributed by atoms with van der Waals surface area (Å²) in [5.41, 5.74) is 7.64. The van der Waals surface area contributed by atoms with Gasteiger partial charge < -0.3 is 5.73 Å². The van der Waals surface area contributed by atoms with Crippen LogP contribution in [-0.4, -0.2) is 14.5 Å². The molecule has 1 aromatic rings. The van der Waals surface area contributed by atoms with E-state index in [1.807, 2.05) is 20.8 Å². The average molecular weight is 270 g/mol. The topological polar surface area (TPSA) is 72.2 Å². The zero-order valence-corrected chi connectivity index (χ0v) is 12.4. The molecule has 0 saturated heterocycles. The van der Waals surface area contributed by atoms with E-state index in [4.69, 9.17) is 5.73 Å². The summed E-state index contributed by atoms with van der Waals surface area (Å²) in [6, 6.07) is 3.26. The quantitative estimate of drug-likeness (QED) is 0.824. The largest absolute Gasteiger partial charge is 0.399 e. The van der Waals surface area contributed by atoms with Gasteiger partial charge in [0.2, 0.25) is 10.0 Å². The second-order valence-electron chi connectivity index (χ2n) is 5.14. The van der Waals surface area contributed by atoms with Crippen LogP contribution in [0.3, 0.4) is 0 Å². The Morgan fingerprint density at radius 2 is 1.56 bits per heavy atom. The van der Waals surface area contributed by atoms with Crippen molar-refractivity contribution in [2.75, 3.05) is 5.73 Å². The van der Waals surface area contributed by atoms with Crippen LogP contribution in [0.2, 0.25) is 0 Å². The van der Waals surface area contributed by atoms with Crippen LogP contribution in [-0.2, 0) is 10.0 Å². The molecule has 1 aromatic carbocycles. The Morgan fingerprint density at radius 3 is 1.94 bits per heavy atom. The zero-order valence-electron chi connectivity index (χ0n) is 11.6. The van der Waals surface area contributed by atoms with Gasteiger partial charge in [0, 0.05) is 11.7 Å². The molecule has 18 heavy (non-hydrogen) atoms. The van der Waals surface area contributed by atoms with Crippen molar-refractivity contribution >= 4 is 15.7 Å². The van der Waals surface area contributed by atoms with Crippen LogP contribution in [0.5, 0.6) is 0 Å². The lowest BCUT2D eigenvalue weighted by Crippen LogP contribution is -2.36. The number of aryl methyl sites for hydroxylation is 2. The molecule has 3 N–H and O–H groups in total. The fourth-order valence-corrected chi connectivity index (χ4v) is 3.69. The van der Waals surface area contributed by atoms with Gasteiger partial charge in [-0.1, -0.05) is 13.8 Å². The molecule has 0 aliphatic heterocycles. The SMILES string of the molecule is Cc1cc(N)cc(C)c1S(=O)(=O)NC(C)C(C)C. The number of nitrogen functional groups attached to an aromatic ring is 1. The molecule has 0 heterocycles. The minimum Gasteiger partial charge on any atom is -0.399 e. The molecule has 0 aliphatic rings. The van der Waals surface area contributed by atoms with Crippen molar-refractivity contribution in [2.24, 2.45) is 5.92 Å². The van der Waals surface area contributed by atoms with E-state index in [9.17, 15) is 8.42 Å². The van der Waals surface area contributed by atoms with E-state index in [0.717, 1.165) is 0 Å². The van der Waals surface area contributed by atoms with Crippen molar-refractivity contribution in [3.8, 4) is 0 Å². The molecular formula is C13H22N2O2S. The van der Waals surface area contributed by atoms with Crippen LogP contribution >= 0.6 is 0 Å². The molecule has 0 saturated carbocycles. The van der Waals surface area contributed by atoms with Crippen LogP contribution in [0.4, 0.5) is 5.69 Å². The summed E-state index contributed by atoms with van der Waals surface area (Å²) in [6.45, 7) is 9.35. The van der Waals surface area contributed by atoms with Crippen LogP contribution in [0.25, 0.3) is 0 Å². The molecule has 0 aliphatic carbocycles. The highest BCUT2D eigenvalue weighted by Gasteiger charge is 2.23. The van der Waals surface area contributed by atoms with E-state index in [1.165, 1.54) is 0 Å². The van der Waals surface area contributed by atoms with Crippen molar-refractivity contribution in [3.63, 3.8) is 0 Å². The maximum absolute atomic E-state index is 12.3. The minimum atomic E-state index is -3.49. The van der Waals surface area contributed by atoms with Gasteiger partial charge in [0.1, 0.15) is 0 Å². The molecule has 0 fully saturated rings. The Kier molecular flexibility index (Phi) is 4.40. The van der Waals surface area contributed by atoms with E-state index < -0.39 is 10.0 Å². The Balaban J connectivity index is 3.21. The number of nitrogens with two attached hydrogens (primary N) is 1. The lowest BCUT2D eigenvalue weighted by atomic mass is 10.1. The van der Waals surface area contributed by atoms with Gasteiger partial charge in [0.15, 0.2) is 0 Å². The standard InChI is InChI=1S/C13H22N2O2S/c1-8(2)11(5)15-18(16,17)13-9(3)6-12(14)7-10(13)4/h6-8,11,15H,14H2,1-5H3. The van der Waals surface area contributed by atoms with E-state index in [-0.39, 0.29) is 12.0 Å². The van der Waals surface area contributed by atoms with Crippen molar-refractivity contribution in [2.45, 2.75) is 45.6 Å². The highest BCUT2D eigenvalue weighted by atomic mass is 32.2. The van der Waals surface area contributed by atoms with Gasteiger partial charge in [-0.25, -0.2) is 13.1 Å². The minimum absolute atomic E-state index is 0.105. The van der Waals surface area contributed by atoms with Gasteiger partial charge in [0.25, 0.3) is 0 Å². The molecule has 1 atom stereocenters. The normalized spacial score (nSPS) is 13.9. The first-order chi connectivity index (χ1) is 8.15. The molecule has 102 valence electrons. The third kappa shape index (κ3) is 3.23. The first-order valence-corrected chi connectivity index (χ1v) is 7.52. The molecular weight excluding hydrogens is 248 g/mol. The molecule has 0 bridgehead atoms. The average Bonchev–Trinajstić information content (AvgIpc) is 2.13. The van der Waals surface area contributed by atoms with Crippen LogP contribution < -0.4 is 10.5 Å². The third-order valence-electron chi connectivity index (χ3n) is 3.09. The van der Waals surface area contributed by atoms with Gasteiger partial charge in [-0.3, -0.25) is 0 Å². The lowest BCUT2D eigenvalue weighted by Gasteiger charge is -2.19. The first-order valence-electron chi connectivity index (χ1n) is 6.04. The van der Waals surface area contributed by atoms with E-state index >= 15 is 0 Å². The second-order valence-corrected chi connectivity index (χ2v) is 6.79. The Morgan fingerprint density at radius 1 is 1.11 bits per heavy atom. The summed E-state index contributed by atoms with van der Waals surface area (Å²) in [5, 5.41) is 0. The van der Waals surface area contributed by atoms with Crippen molar-refractivity contribution in [1.29, 1.82) is 0 Å². The highest BCUT2D eigenvalue weighted by Crippen LogP contribution is 2.23. The van der Waals surface area contributed by atoms with Crippen LogP contribution in [0.15, 0.2) is 17.0 Å². The molecule has 1 rings (SSSR count). The highest BCUT2D eigenvalue weighted by molar-refractivity contribution is 7.89. The summed E-state index contributed by atoms with van der Waals surface area (Å²) in [6.07, 6.45) is 0. The molecule has 0 spiro atoms.